The lowest BCUT2D eigenvalue weighted by molar-refractivity contribution is -0.141. The maximum Gasteiger partial charge on any atom is 0.307 e. The molecule has 0 aromatic heterocycles. The van der Waals surface area contributed by atoms with Gasteiger partial charge >= 0.3 is 5.97 Å². The first-order chi connectivity index (χ1) is 14.3. The first-order valence-electron chi connectivity index (χ1n) is 9.13. The number of carbonyl (C=O) groups is 2. The number of halogens is 1. The number of hydrogen-bond acceptors (Lipinski definition) is 5. The zero-order chi connectivity index (χ0) is 22.0. The Morgan fingerprint density at radius 3 is 2.40 bits per heavy atom. The molecule has 0 saturated carbocycles. The van der Waals surface area contributed by atoms with E-state index in [0.717, 1.165) is 11.0 Å². The van der Waals surface area contributed by atoms with Crippen molar-refractivity contribution in [3.8, 4) is 0 Å². The Kier molecular flexibility index (Phi) is 8.70. The van der Waals surface area contributed by atoms with E-state index in [2.05, 4.69) is 14.8 Å². The van der Waals surface area contributed by atoms with Crippen LogP contribution >= 0.6 is 0 Å². The molecule has 0 aliphatic heterocycles. The molecule has 0 heterocycles. The Bertz CT molecular complexity index is 976. The highest BCUT2D eigenvalue weighted by Gasteiger charge is 2.19. The van der Waals surface area contributed by atoms with E-state index >= 15 is 0 Å². The van der Waals surface area contributed by atoms with Crippen LogP contribution in [-0.4, -0.2) is 33.9 Å². The zero-order valence-electron chi connectivity index (χ0n) is 16.4. The van der Waals surface area contributed by atoms with E-state index in [9.17, 15) is 22.4 Å². The lowest BCUT2D eigenvalue weighted by atomic mass is 10.0. The van der Waals surface area contributed by atoms with Gasteiger partial charge in [0.25, 0.3) is 0 Å². The second kappa shape index (κ2) is 11.2. The second-order valence-electron chi connectivity index (χ2n) is 6.35. The Morgan fingerprint density at radius 1 is 1.10 bits per heavy atom. The van der Waals surface area contributed by atoms with Crippen LogP contribution in [0.2, 0.25) is 0 Å². The van der Waals surface area contributed by atoms with Crippen molar-refractivity contribution in [2.45, 2.75) is 18.9 Å². The fourth-order valence-electron chi connectivity index (χ4n) is 2.55. The Balaban J connectivity index is 1.90. The average Bonchev–Trinajstić information content (AvgIpc) is 2.73. The normalized spacial score (nSPS) is 12.5. The molecule has 1 amide bonds. The first-order valence-corrected chi connectivity index (χ1v) is 10.7. The molecule has 0 bridgehead atoms. The van der Waals surface area contributed by atoms with Crippen molar-refractivity contribution in [2.24, 2.45) is 0 Å². The van der Waals surface area contributed by atoms with Crippen molar-refractivity contribution in [2.75, 3.05) is 13.7 Å². The number of sulfonamides is 1. The van der Waals surface area contributed by atoms with Gasteiger partial charge in [-0.05, 0) is 29.3 Å². The monoisotopic (exact) mass is 434 g/mol. The Morgan fingerprint density at radius 2 is 1.77 bits per heavy atom. The highest BCUT2D eigenvalue weighted by Crippen LogP contribution is 2.18. The van der Waals surface area contributed by atoms with Gasteiger partial charge in [0, 0.05) is 18.4 Å². The SMILES string of the molecule is COC(=O)CC(NC(=O)CCNS(=O)(=O)/C=C/c1ccccc1)c1ccc(F)cc1. The van der Waals surface area contributed by atoms with Crippen molar-refractivity contribution < 1.29 is 27.1 Å². The van der Waals surface area contributed by atoms with Crippen LogP contribution in [0, 0.1) is 5.82 Å². The molecule has 2 aromatic rings. The maximum atomic E-state index is 13.1. The maximum absolute atomic E-state index is 13.1. The van der Waals surface area contributed by atoms with E-state index in [1.54, 1.807) is 24.3 Å². The van der Waals surface area contributed by atoms with E-state index in [-0.39, 0.29) is 19.4 Å². The van der Waals surface area contributed by atoms with E-state index in [4.69, 9.17) is 0 Å². The third kappa shape index (κ3) is 8.14. The van der Waals surface area contributed by atoms with E-state index in [1.165, 1.54) is 37.5 Å². The molecule has 2 aromatic carbocycles. The molecule has 7 nitrogen and oxygen atoms in total. The van der Waals surface area contributed by atoms with Crippen molar-refractivity contribution in [1.82, 2.24) is 10.0 Å². The molecule has 2 N–H and O–H groups in total. The van der Waals surface area contributed by atoms with E-state index in [0.29, 0.717) is 5.56 Å². The summed E-state index contributed by atoms with van der Waals surface area (Å²) in [6.45, 7) is -0.123. The standard InChI is InChI=1S/C21H23FN2O5S/c1-29-21(26)15-19(17-7-9-18(22)10-8-17)24-20(25)11-13-23-30(27,28)14-12-16-5-3-2-4-6-16/h2-10,12,14,19,23H,11,13,15H2,1H3,(H,24,25)/b14-12+. The second-order valence-corrected chi connectivity index (χ2v) is 8.01. The molecule has 0 saturated heterocycles. The van der Waals surface area contributed by atoms with Crippen LogP contribution < -0.4 is 10.0 Å². The van der Waals surface area contributed by atoms with Crippen LogP contribution in [0.25, 0.3) is 6.08 Å². The van der Waals surface area contributed by atoms with Crippen LogP contribution in [-0.2, 0) is 24.3 Å². The summed E-state index contributed by atoms with van der Waals surface area (Å²) in [5.74, 6) is -1.46. The zero-order valence-corrected chi connectivity index (χ0v) is 17.2. The summed E-state index contributed by atoms with van der Waals surface area (Å²) in [7, 11) is -2.48. The molecule has 30 heavy (non-hydrogen) atoms. The van der Waals surface area contributed by atoms with E-state index < -0.39 is 33.8 Å². The van der Waals surface area contributed by atoms with Gasteiger partial charge in [-0.1, -0.05) is 42.5 Å². The van der Waals surface area contributed by atoms with Crippen molar-refractivity contribution in [1.29, 1.82) is 0 Å². The molecule has 160 valence electrons. The summed E-state index contributed by atoms with van der Waals surface area (Å²) in [6.07, 6.45) is 1.17. The fourth-order valence-corrected chi connectivity index (χ4v) is 3.37. The first kappa shape index (κ1) is 23.2. The van der Waals surface area contributed by atoms with Crippen molar-refractivity contribution in [3.05, 3.63) is 76.9 Å². The molecule has 1 unspecified atom stereocenters. The molecule has 2 rings (SSSR count). The smallest absolute Gasteiger partial charge is 0.307 e. The van der Waals surface area contributed by atoms with Gasteiger partial charge in [0.15, 0.2) is 0 Å². The number of rotatable bonds is 10. The molecule has 1 atom stereocenters. The number of methoxy groups -OCH3 is 1. The number of ether oxygens (including phenoxy) is 1. The van der Waals surface area contributed by atoms with Crippen molar-refractivity contribution in [3.63, 3.8) is 0 Å². The van der Waals surface area contributed by atoms with Gasteiger partial charge in [-0.25, -0.2) is 17.5 Å². The summed E-state index contributed by atoms with van der Waals surface area (Å²) < 4.78 is 44.1. The van der Waals surface area contributed by atoms with Gasteiger partial charge in [0.05, 0.1) is 19.6 Å². The highest BCUT2D eigenvalue weighted by molar-refractivity contribution is 7.92. The average molecular weight is 434 g/mol. The lowest BCUT2D eigenvalue weighted by Gasteiger charge is -2.18. The molecule has 0 fully saturated rings. The number of hydrogen-bond donors (Lipinski definition) is 2. The van der Waals surface area contributed by atoms with Crippen LogP contribution in [0.1, 0.15) is 30.0 Å². The third-order valence-corrected chi connectivity index (χ3v) is 5.20. The minimum absolute atomic E-state index is 0.123. The van der Waals surface area contributed by atoms with Crippen LogP contribution in [0.4, 0.5) is 4.39 Å². The molecule has 0 aliphatic carbocycles. The molecule has 0 spiro atoms. The minimum Gasteiger partial charge on any atom is -0.469 e. The summed E-state index contributed by atoms with van der Waals surface area (Å²) in [6, 6.07) is 13.6. The third-order valence-electron chi connectivity index (χ3n) is 4.10. The topological polar surface area (TPSA) is 102 Å². The Hall–Kier alpha value is -3.04. The fraction of sp³-hybridized carbons (Fsp3) is 0.238. The van der Waals surface area contributed by atoms with Gasteiger partial charge < -0.3 is 10.1 Å². The largest absolute Gasteiger partial charge is 0.469 e. The molecule has 0 aliphatic rings. The predicted molar refractivity (Wildman–Crippen MR) is 111 cm³/mol. The highest BCUT2D eigenvalue weighted by atomic mass is 32.2. The summed E-state index contributed by atoms with van der Waals surface area (Å²) in [4.78, 5) is 23.9. The number of carbonyl (C=O) groups excluding carboxylic acids is 2. The molecular formula is C21H23FN2O5S. The van der Waals surface area contributed by atoms with Gasteiger partial charge in [0.2, 0.25) is 15.9 Å². The van der Waals surface area contributed by atoms with Gasteiger partial charge in [-0.3, -0.25) is 9.59 Å². The van der Waals surface area contributed by atoms with Gasteiger partial charge in [-0.15, -0.1) is 0 Å². The molecule has 0 radical (unpaired) electrons. The van der Waals surface area contributed by atoms with Crippen LogP contribution in [0.5, 0.6) is 0 Å². The number of benzene rings is 2. The van der Waals surface area contributed by atoms with E-state index in [1.807, 2.05) is 6.07 Å². The summed E-state index contributed by atoms with van der Waals surface area (Å²) >= 11 is 0. The lowest BCUT2D eigenvalue weighted by Crippen LogP contribution is -2.33. The van der Waals surface area contributed by atoms with Gasteiger partial charge in [-0.2, -0.15) is 0 Å². The quantitative estimate of drug-likeness (QED) is 0.560. The van der Waals surface area contributed by atoms with Crippen molar-refractivity contribution >= 4 is 28.0 Å². The summed E-state index contributed by atoms with van der Waals surface area (Å²) in [5.41, 5.74) is 1.26. The van der Waals surface area contributed by atoms with Crippen LogP contribution in [0.15, 0.2) is 60.0 Å². The van der Waals surface area contributed by atoms with Crippen LogP contribution in [0.3, 0.4) is 0 Å². The predicted octanol–water partition coefficient (Wildman–Crippen LogP) is 2.53. The molecule has 9 heteroatoms. The molecular weight excluding hydrogens is 411 g/mol. The number of esters is 1. The Labute approximate surface area is 175 Å². The number of amides is 1. The summed E-state index contributed by atoms with van der Waals surface area (Å²) in [5, 5.41) is 3.67. The minimum atomic E-state index is -3.71. The van der Waals surface area contributed by atoms with Gasteiger partial charge in [0.1, 0.15) is 5.82 Å². The number of nitrogens with one attached hydrogen (secondary N) is 2.